The molecule has 1 aromatic heterocycles. The Labute approximate surface area is 155 Å². The van der Waals surface area contributed by atoms with E-state index in [0.717, 1.165) is 33.5 Å². The van der Waals surface area contributed by atoms with Crippen molar-refractivity contribution < 1.29 is 4.79 Å². The number of hydrogen-bond donors (Lipinski definition) is 2. The highest BCUT2D eigenvalue weighted by Gasteiger charge is 2.07. The van der Waals surface area contributed by atoms with Crippen LogP contribution in [0.3, 0.4) is 0 Å². The summed E-state index contributed by atoms with van der Waals surface area (Å²) >= 11 is 6.02. The third-order valence-electron chi connectivity index (χ3n) is 4.31. The van der Waals surface area contributed by atoms with E-state index >= 15 is 0 Å². The van der Waals surface area contributed by atoms with Gasteiger partial charge < -0.3 is 10.3 Å². The van der Waals surface area contributed by atoms with E-state index in [1.165, 1.54) is 0 Å². The number of nitrogens with zero attached hydrogens (tertiary/aromatic N) is 1. The van der Waals surface area contributed by atoms with Crippen LogP contribution in [0, 0.1) is 0 Å². The SMILES string of the molecule is CNC(=O)c1ccc(-c2ccc(-c3nc4cc(Cl)ccc4[nH]3)cc2)cc1. The second-order valence-corrected chi connectivity index (χ2v) is 6.42. The van der Waals surface area contributed by atoms with Gasteiger partial charge in [0.15, 0.2) is 0 Å². The van der Waals surface area contributed by atoms with Crippen molar-refractivity contribution in [3.05, 3.63) is 77.3 Å². The maximum atomic E-state index is 11.6. The number of hydrogen-bond acceptors (Lipinski definition) is 2. The van der Waals surface area contributed by atoms with E-state index in [9.17, 15) is 4.79 Å². The number of amides is 1. The second kappa shape index (κ2) is 6.65. The van der Waals surface area contributed by atoms with Gasteiger partial charge in [0, 0.05) is 23.2 Å². The summed E-state index contributed by atoms with van der Waals surface area (Å²) in [6.07, 6.45) is 0. The minimum atomic E-state index is -0.0862. The minimum Gasteiger partial charge on any atom is -0.355 e. The summed E-state index contributed by atoms with van der Waals surface area (Å²) in [4.78, 5) is 19.5. The van der Waals surface area contributed by atoms with Gasteiger partial charge >= 0.3 is 0 Å². The maximum Gasteiger partial charge on any atom is 0.251 e. The predicted octanol–water partition coefficient (Wildman–Crippen LogP) is 4.91. The van der Waals surface area contributed by atoms with E-state index in [0.29, 0.717) is 10.6 Å². The Bertz CT molecular complexity index is 1080. The van der Waals surface area contributed by atoms with E-state index in [4.69, 9.17) is 11.6 Å². The molecule has 0 fully saturated rings. The predicted molar refractivity (Wildman–Crippen MR) is 105 cm³/mol. The fourth-order valence-electron chi connectivity index (χ4n) is 2.89. The monoisotopic (exact) mass is 361 g/mol. The van der Waals surface area contributed by atoms with Crippen molar-refractivity contribution in [3.63, 3.8) is 0 Å². The molecule has 0 saturated heterocycles. The molecule has 3 aromatic carbocycles. The van der Waals surface area contributed by atoms with Crippen LogP contribution < -0.4 is 5.32 Å². The number of fused-ring (bicyclic) bond motifs is 1. The number of aromatic nitrogens is 2. The first-order valence-electron chi connectivity index (χ1n) is 8.22. The van der Waals surface area contributed by atoms with Crippen molar-refractivity contribution in [1.82, 2.24) is 15.3 Å². The molecule has 1 amide bonds. The lowest BCUT2D eigenvalue weighted by molar-refractivity contribution is 0.0963. The van der Waals surface area contributed by atoms with Gasteiger partial charge in [0.05, 0.1) is 11.0 Å². The molecule has 0 unspecified atom stereocenters. The normalized spacial score (nSPS) is 10.8. The number of nitrogens with one attached hydrogen (secondary N) is 2. The molecule has 4 rings (SSSR count). The molecule has 0 radical (unpaired) electrons. The quantitative estimate of drug-likeness (QED) is 0.544. The molecule has 1 heterocycles. The second-order valence-electron chi connectivity index (χ2n) is 5.98. The van der Waals surface area contributed by atoms with Gasteiger partial charge in [-0.15, -0.1) is 0 Å². The molecule has 4 aromatic rings. The summed E-state index contributed by atoms with van der Waals surface area (Å²) in [5.74, 6) is 0.723. The summed E-state index contributed by atoms with van der Waals surface area (Å²) in [6.45, 7) is 0. The maximum absolute atomic E-state index is 11.6. The Kier molecular flexibility index (Phi) is 4.19. The molecule has 128 valence electrons. The zero-order valence-corrected chi connectivity index (χ0v) is 14.8. The van der Waals surface area contributed by atoms with E-state index in [2.05, 4.69) is 15.3 Å². The van der Waals surface area contributed by atoms with Crippen molar-refractivity contribution >= 4 is 28.5 Å². The Balaban J connectivity index is 1.62. The van der Waals surface area contributed by atoms with Crippen molar-refractivity contribution in [1.29, 1.82) is 0 Å². The molecule has 26 heavy (non-hydrogen) atoms. The molecular formula is C21H16ClN3O. The molecule has 0 aliphatic rings. The summed E-state index contributed by atoms with van der Waals surface area (Å²) in [5.41, 5.74) is 5.59. The van der Waals surface area contributed by atoms with Crippen LogP contribution in [0.1, 0.15) is 10.4 Å². The first-order chi connectivity index (χ1) is 12.6. The molecule has 0 bridgehead atoms. The van der Waals surface area contributed by atoms with Crippen molar-refractivity contribution in [3.8, 4) is 22.5 Å². The zero-order chi connectivity index (χ0) is 18.1. The van der Waals surface area contributed by atoms with Gasteiger partial charge in [-0.3, -0.25) is 4.79 Å². The van der Waals surface area contributed by atoms with Gasteiger partial charge in [0.2, 0.25) is 0 Å². The number of benzene rings is 3. The van der Waals surface area contributed by atoms with Gasteiger partial charge in [0.1, 0.15) is 5.82 Å². The van der Waals surface area contributed by atoms with Crippen LogP contribution >= 0.6 is 11.6 Å². The van der Waals surface area contributed by atoms with Crippen LogP contribution in [0.5, 0.6) is 0 Å². The fraction of sp³-hybridized carbons (Fsp3) is 0.0476. The summed E-state index contributed by atoms with van der Waals surface area (Å²) < 4.78 is 0. The van der Waals surface area contributed by atoms with E-state index in [1.54, 1.807) is 7.05 Å². The first-order valence-corrected chi connectivity index (χ1v) is 8.60. The van der Waals surface area contributed by atoms with Gasteiger partial charge in [-0.25, -0.2) is 4.98 Å². The Morgan fingerprint density at radius 2 is 1.54 bits per heavy atom. The molecule has 4 nitrogen and oxygen atoms in total. The van der Waals surface area contributed by atoms with Crippen molar-refractivity contribution in [2.24, 2.45) is 0 Å². The average molecular weight is 362 g/mol. The van der Waals surface area contributed by atoms with Crippen LogP contribution in [0.25, 0.3) is 33.5 Å². The van der Waals surface area contributed by atoms with Crippen LogP contribution in [0.2, 0.25) is 5.02 Å². The lowest BCUT2D eigenvalue weighted by Crippen LogP contribution is -2.17. The molecular weight excluding hydrogens is 346 g/mol. The topological polar surface area (TPSA) is 57.8 Å². The number of imidazole rings is 1. The minimum absolute atomic E-state index is 0.0862. The van der Waals surface area contributed by atoms with E-state index in [1.807, 2.05) is 66.7 Å². The summed E-state index contributed by atoms with van der Waals surface area (Å²) in [7, 11) is 1.63. The van der Waals surface area contributed by atoms with Crippen LogP contribution in [0.15, 0.2) is 66.7 Å². The van der Waals surface area contributed by atoms with E-state index in [-0.39, 0.29) is 5.91 Å². The highest BCUT2D eigenvalue weighted by Crippen LogP contribution is 2.26. The fourth-order valence-corrected chi connectivity index (χ4v) is 3.06. The van der Waals surface area contributed by atoms with Gasteiger partial charge in [0.25, 0.3) is 5.91 Å². The Morgan fingerprint density at radius 3 is 2.19 bits per heavy atom. The van der Waals surface area contributed by atoms with Gasteiger partial charge in [-0.1, -0.05) is 48.0 Å². The largest absolute Gasteiger partial charge is 0.355 e. The van der Waals surface area contributed by atoms with Gasteiger partial charge in [-0.2, -0.15) is 0 Å². The highest BCUT2D eigenvalue weighted by molar-refractivity contribution is 6.31. The lowest BCUT2D eigenvalue weighted by Gasteiger charge is -2.05. The van der Waals surface area contributed by atoms with Crippen LogP contribution in [0.4, 0.5) is 0 Å². The van der Waals surface area contributed by atoms with E-state index < -0.39 is 0 Å². The number of carbonyl (C=O) groups is 1. The standard InChI is InChI=1S/C21H16ClN3O/c1-23-21(26)16-8-4-14(5-9-16)13-2-6-15(7-3-13)20-24-18-11-10-17(22)12-19(18)25-20/h2-12H,1H3,(H,23,26)(H,24,25). The molecule has 0 aliphatic heterocycles. The third-order valence-corrected chi connectivity index (χ3v) is 4.55. The molecule has 2 N–H and O–H groups in total. The van der Waals surface area contributed by atoms with Crippen LogP contribution in [-0.2, 0) is 0 Å². The van der Waals surface area contributed by atoms with Crippen LogP contribution in [-0.4, -0.2) is 22.9 Å². The lowest BCUT2D eigenvalue weighted by atomic mass is 10.0. The Morgan fingerprint density at radius 1 is 0.923 bits per heavy atom. The van der Waals surface area contributed by atoms with Crippen molar-refractivity contribution in [2.45, 2.75) is 0 Å². The third kappa shape index (κ3) is 3.07. The highest BCUT2D eigenvalue weighted by atomic mass is 35.5. The summed E-state index contributed by atoms with van der Waals surface area (Å²) in [5, 5.41) is 3.30. The molecule has 0 spiro atoms. The molecule has 0 saturated carbocycles. The smallest absolute Gasteiger partial charge is 0.251 e. The molecule has 0 atom stereocenters. The Hall–Kier alpha value is -3.11. The average Bonchev–Trinajstić information content (AvgIpc) is 3.11. The number of halogens is 1. The molecule has 0 aliphatic carbocycles. The number of aromatic amines is 1. The zero-order valence-electron chi connectivity index (χ0n) is 14.1. The number of carbonyl (C=O) groups excluding carboxylic acids is 1. The molecule has 5 heteroatoms. The van der Waals surface area contributed by atoms with Crippen molar-refractivity contribution in [2.75, 3.05) is 7.05 Å². The number of H-pyrrole nitrogens is 1. The van der Waals surface area contributed by atoms with Gasteiger partial charge in [-0.05, 0) is 41.5 Å². The number of rotatable bonds is 3. The summed E-state index contributed by atoms with van der Waals surface area (Å²) in [6, 6.07) is 21.3. The first kappa shape index (κ1) is 16.4.